The lowest BCUT2D eigenvalue weighted by molar-refractivity contribution is 0.230. The first-order valence-electron chi connectivity index (χ1n) is 7.00. The summed E-state index contributed by atoms with van der Waals surface area (Å²) in [5.74, 6) is 1.93. The van der Waals surface area contributed by atoms with Gasteiger partial charge in [0.15, 0.2) is 0 Å². The molecule has 0 spiro atoms. The molecule has 2 N–H and O–H groups in total. The van der Waals surface area contributed by atoms with Gasteiger partial charge in [-0.05, 0) is 57.9 Å². The van der Waals surface area contributed by atoms with Crippen LogP contribution in [0.5, 0.6) is 0 Å². The van der Waals surface area contributed by atoms with Crippen LogP contribution >= 0.6 is 0 Å². The molecule has 0 aromatic carbocycles. The van der Waals surface area contributed by atoms with Crippen molar-refractivity contribution in [1.29, 1.82) is 0 Å². The third-order valence-electron chi connectivity index (χ3n) is 4.24. The topological polar surface area (TPSA) is 27.3 Å². The van der Waals surface area contributed by atoms with Crippen LogP contribution in [-0.4, -0.2) is 50.2 Å². The molecule has 94 valence electrons. The molecule has 3 heteroatoms. The van der Waals surface area contributed by atoms with Gasteiger partial charge in [-0.1, -0.05) is 13.8 Å². The first-order valence-corrected chi connectivity index (χ1v) is 7.00. The van der Waals surface area contributed by atoms with E-state index in [9.17, 15) is 0 Å². The standard InChI is InChI=1S/C11H21N3.C2H6/c1-14-4-2-8(3-5-14)13-11-9-6-12-7-10(9)11;1-2/h8-13H,2-7H2,1H3;1-2H3. The number of hydrogen-bond acceptors (Lipinski definition) is 3. The Morgan fingerprint density at radius 1 is 1.06 bits per heavy atom. The fourth-order valence-corrected chi connectivity index (χ4v) is 3.11. The average molecular weight is 225 g/mol. The van der Waals surface area contributed by atoms with Crippen LogP contribution in [0.1, 0.15) is 26.7 Å². The van der Waals surface area contributed by atoms with Gasteiger partial charge in [-0.2, -0.15) is 0 Å². The summed E-state index contributed by atoms with van der Waals surface area (Å²) in [5.41, 5.74) is 0. The molecule has 3 rings (SSSR count). The summed E-state index contributed by atoms with van der Waals surface area (Å²) >= 11 is 0. The van der Waals surface area contributed by atoms with Crippen molar-refractivity contribution < 1.29 is 0 Å². The smallest absolute Gasteiger partial charge is 0.0158 e. The second kappa shape index (κ2) is 5.48. The van der Waals surface area contributed by atoms with Gasteiger partial charge in [-0.15, -0.1) is 0 Å². The third kappa shape index (κ3) is 2.58. The summed E-state index contributed by atoms with van der Waals surface area (Å²) in [5, 5.41) is 7.30. The number of nitrogens with zero attached hydrogens (tertiary/aromatic N) is 1. The average Bonchev–Trinajstić information content (AvgIpc) is 2.78. The van der Waals surface area contributed by atoms with Crippen LogP contribution in [0.15, 0.2) is 0 Å². The highest BCUT2D eigenvalue weighted by atomic mass is 15.1. The molecule has 1 aliphatic carbocycles. The Morgan fingerprint density at radius 2 is 1.62 bits per heavy atom. The lowest BCUT2D eigenvalue weighted by Crippen LogP contribution is -2.43. The van der Waals surface area contributed by atoms with E-state index in [4.69, 9.17) is 0 Å². The number of likely N-dealkylation sites (tertiary alicyclic amines) is 1. The molecule has 16 heavy (non-hydrogen) atoms. The van der Waals surface area contributed by atoms with Gasteiger partial charge in [-0.25, -0.2) is 0 Å². The van der Waals surface area contributed by atoms with Gasteiger partial charge < -0.3 is 15.5 Å². The summed E-state index contributed by atoms with van der Waals surface area (Å²) in [6.07, 6.45) is 2.69. The third-order valence-corrected chi connectivity index (χ3v) is 4.24. The van der Waals surface area contributed by atoms with Crippen molar-refractivity contribution in [2.45, 2.75) is 38.8 Å². The maximum absolute atomic E-state index is 3.85. The van der Waals surface area contributed by atoms with E-state index in [-0.39, 0.29) is 0 Å². The molecule has 2 aliphatic heterocycles. The van der Waals surface area contributed by atoms with E-state index in [2.05, 4.69) is 22.6 Å². The number of hydrogen-bond donors (Lipinski definition) is 2. The van der Waals surface area contributed by atoms with E-state index in [0.717, 1.165) is 23.9 Å². The molecule has 2 saturated heterocycles. The molecule has 3 nitrogen and oxygen atoms in total. The van der Waals surface area contributed by atoms with Gasteiger partial charge >= 0.3 is 0 Å². The molecule has 0 bridgehead atoms. The largest absolute Gasteiger partial charge is 0.316 e. The molecule has 3 fully saturated rings. The molecule has 3 aliphatic rings. The van der Waals surface area contributed by atoms with Gasteiger partial charge in [0, 0.05) is 12.1 Å². The number of fused-ring (bicyclic) bond motifs is 1. The second-order valence-electron chi connectivity index (χ2n) is 5.26. The molecule has 1 saturated carbocycles. The summed E-state index contributed by atoms with van der Waals surface area (Å²) in [7, 11) is 2.23. The normalized spacial score (nSPS) is 38.8. The van der Waals surface area contributed by atoms with Crippen LogP contribution in [0.3, 0.4) is 0 Å². The Balaban J connectivity index is 0.000000457. The van der Waals surface area contributed by atoms with Crippen molar-refractivity contribution in [2.24, 2.45) is 11.8 Å². The first-order chi connectivity index (χ1) is 7.84. The molecule has 0 aromatic rings. The van der Waals surface area contributed by atoms with Crippen LogP contribution in [0.25, 0.3) is 0 Å². The van der Waals surface area contributed by atoms with Gasteiger partial charge in [0.25, 0.3) is 0 Å². The molecule has 2 unspecified atom stereocenters. The Hall–Kier alpha value is -0.120. The molecular formula is C13H27N3. The monoisotopic (exact) mass is 225 g/mol. The van der Waals surface area contributed by atoms with E-state index < -0.39 is 0 Å². The Labute approximate surface area is 100.0 Å². The predicted molar refractivity (Wildman–Crippen MR) is 68.6 cm³/mol. The highest BCUT2D eigenvalue weighted by Gasteiger charge is 2.53. The minimum atomic E-state index is 0.807. The zero-order valence-corrected chi connectivity index (χ0v) is 11.0. The zero-order valence-electron chi connectivity index (χ0n) is 11.0. The van der Waals surface area contributed by atoms with E-state index in [1.807, 2.05) is 13.8 Å². The Bertz CT molecular complexity index is 201. The molecule has 0 aromatic heterocycles. The summed E-state index contributed by atoms with van der Waals surface area (Å²) in [6.45, 7) is 9.07. The lowest BCUT2D eigenvalue weighted by atomic mass is 10.1. The maximum Gasteiger partial charge on any atom is 0.0158 e. The van der Waals surface area contributed by atoms with Crippen LogP contribution in [-0.2, 0) is 0 Å². The summed E-state index contributed by atoms with van der Waals surface area (Å²) < 4.78 is 0. The van der Waals surface area contributed by atoms with Crippen LogP contribution in [0, 0.1) is 11.8 Å². The zero-order chi connectivity index (χ0) is 11.5. The van der Waals surface area contributed by atoms with Gasteiger partial charge in [-0.3, -0.25) is 0 Å². The van der Waals surface area contributed by atoms with Gasteiger partial charge in [0.2, 0.25) is 0 Å². The van der Waals surface area contributed by atoms with E-state index >= 15 is 0 Å². The number of nitrogens with one attached hydrogen (secondary N) is 2. The minimum absolute atomic E-state index is 0.807. The van der Waals surface area contributed by atoms with Crippen molar-refractivity contribution in [3.05, 3.63) is 0 Å². The highest BCUT2D eigenvalue weighted by Crippen LogP contribution is 2.42. The Morgan fingerprint density at radius 3 is 2.19 bits per heavy atom. The fourth-order valence-electron chi connectivity index (χ4n) is 3.11. The number of rotatable bonds is 2. The van der Waals surface area contributed by atoms with E-state index in [0.29, 0.717) is 0 Å². The fraction of sp³-hybridized carbons (Fsp3) is 1.00. The van der Waals surface area contributed by atoms with Crippen LogP contribution in [0.2, 0.25) is 0 Å². The van der Waals surface area contributed by atoms with E-state index in [1.54, 1.807) is 0 Å². The van der Waals surface area contributed by atoms with Crippen LogP contribution < -0.4 is 10.6 Å². The van der Waals surface area contributed by atoms with Crippen molar-refractivity contribution in [1.82, 2.24) is 15.5 Å². The molecule has 2 heterocycles. The van der Waals surface area contributed by atoms with E-state index in [1.165, 1.54) is 39.0 Å². The second-order valence-corrected chi connectivity index (χ2v) is 5.26. The molecule has 0 radical (unpaired) electrons. The summed E-state index contributed by atoms with van der Waals surface area (Å²) in [4.78, 5) is 2.44. The first kappa shape index (κ1) is 12.3. The molecule has 2 atom stereocenters. The molecule has 0 amide bonds. The maximum atomic E-state index is 3.85. The van der Waals surface area contributed by atoms with Gasteiger partial charge in [0.05, 0.1) is 0 Å². The summed E-state index contributed by atoms with van der Waals surface area (Å²) in [6, 6.07) is 1.67. The van der Waals surface area contributed by atoms with Crippen molar-refractivity contribution in [2.75, 3.05) is 33.2 Å². The quantitative estimate of drug-likeness (QED) is 0.731. The molecular weight excluding hydrogens is 198 g/mol. The van der Waals surface area contributed by atoms with Crippen molar-refractivity contribution in [3.63, 3.8) is 0 Å². The van der Waals surface area contributed by atoms with Gasteiger partial charge in [0.1, 0.15) is 0 Å². The number of piperidine rings is 2. The predicted octanol–water partition coefficient (Wildman–Crippen LogP) is 0.914. The SMILES string of the molecule is CC.CN1CCC(NC2C3CNCC32)CC1. The Kier molecular flexibility index (Phi) is 4.22. The highest BCUT2D eigenvalue weighted by molar-refractivity contribution is 5.10. The van der Waals surface area contributed by atoms with Crippen molar-refractivity contribution in [3.8, 4) is 0 Å². The van der Waals surface area contributed by atoms with Crippen molar-refractivity contribution >= 4 is 0 Å². The van der Waals surface area contributed by atoms with Crippen LogP contribution in [0.4, 0.5) is 0 Å². The lowest BCUT2D eigenvalue weighted by Gasteiger charge is -2.30. The minimum Gasteiger partial charge on any atom is -0.316 e.